The van der Waals surface area contributed by atoms with E-state index in [-0.39, 0.29) is 120 Å². The number of nitrogens with one attached hydrogen (secondary N) is 12. The van der Waals surface area contributed by atoms with Crippen molar-refractivity contribution >= 4 is 99.2 Å². The van der Waals surface area contributed by atoms with Gasteiger partial charge < -0.3 is 79.5 Å². The second-order valence-corrected chi connectivity index (χ2v) is 29.5. The van der Waals surface area contributed by atoms with Gasteiger partial charge >= 0.3 is 0 Å². The van der Waals surface area contributed by atoms with Crippen LogP contribution in [0.4, 0.5) is 0 Å². The molecule has 7 rings (SSSR count). The summed E-state index contributed by atoms with van der Waals surface area (Å²) in [6, 6.07) is 12.7. The fraction of sp³-hybridized carbons (Fsp3) is 0.469. The second kappa shape index (κ2) is 46.6. The Bertz CT molecular complexity index is 4210. The Labute approximate surface area is 668 Å². The molecule has 32 nitrogen and oxygen atoms in total. The lowest BCUT2D eigenvalue weighted by Crippen LogP contribution is -2.61. The molecule has 6 aromatic rings. The molecule has 0 radical (unpaired) electrons. The average molecular weight is 1590 g/mol. The normalized spacial score (nSPS) is 14.9. The fourth-order valence-corrected chi connectivity index (χ4v) is 13.0. The van der Waals surface area contributed by atoms with E-state index in [1.807, 2.05) is 70.2 Å². The van der Waals surface area contributed by atoms with Crippen molar-refractivity contribution in [1.82, 2.24) is 88.6 Å². The third-order valence-electron chi connectivity index (χ3n) is 19.0. The van der Waals surface area contributed by atoms with Gasteiger partial charge in [-0.15, -0.1) is 0 Å². The van der Waals surface area contributed by atoms with Crippen LogP contribution in [-0.4, -0.2) is 206 Å². The lowest BCUT2D eigenvalue weighted by atomic mass is 9.99. The number of unbranched alkanes of at least 4 members (excludes halogenated alkanes) is 3. The number of carbonyl (C=O) groups is 13. The van der Waals surface area contributed by atoms with E-state index in [1.165, 1.54) is 62.1 Å². The number of aliphatic hydroxyl groups excluding tert-OH is 1. The molecular weight excluding hydrogens is 1480 g/mol. The zero-order chi connectivity index (χ0) is 82.6. The highest BCUT2D eigenvalue weighted by atomic mass is 35.5. The molecule has 1 fully saturated rings. The molecule has 0 aliphatic carbocycles. The molecule has 3 aromatic carbocycles. The van der Waals surface area contributed by atoms with Gasteiger partial charge in [-0.25, -0.2) is 4.98 Å². The molecule has 13 amide bonds. The monoisotopic (exact) mass is 1590 g/mol. The van der Waals surface area contributed by atoms with Gasteiger partial charge in [0.05, 0.1) is 18.4 Å². The Hall–Kier alpha value is -11.4. The zero-order valence-electron chi connectivity index (χ0n) is 65.2. The van der Waals surface area contributed by atoms with Crippen molar-refractivity contribution in [3.63, 3.8) is 0 Å². The third kappa shape index (κ3) is 29.9. The van der Waals surface area contributed by atoms with Crippen molar-refractivity contribution < 1.29 is 67.4 Å². The summed E-state index contributed by atoms with van der Waals surface area (Å²) in [6.07, 6.45) is 11.9. The van der Waals surface area contributed by atoms with Crippen LogP contribution in [0.15, 0.2) is 134 Å². The number of nitrogens with zero attached hydrogens (tertiary/aromatic N) is 5. The summed E-state index contributed by atoms with van der Waals surface area (Å²) in [5.41, 5.74) is 7.48. The molecule has 33 heteroatoms. The molecular formula is C81H107ClN18O14. The number of pyridine rings is 2. The van der Waals surface area contributed by atoms with Gasteiger partial charge in [-0.05, 0) is 154 Å². The van der Waals surface area contributed by atoms with Gasteiger partial charge in [-0.3, -0.25) is 77.3 Å². The first kappa shape index (κ1) is 89.8. The average Bonchev–Trinajstić information content (AvgIpc) is 1.51. The Kier molecular flexibility index (Phi) is 36.7. The van der Waals surface area contributed by atoms with E-state index in [4.69, 9.17) is 17.3 Å². The largest absolute Gasteiger partial charge is 0.394 e. The van der Waals surface area contributed by atoms with Crippen LogP contribution in [0.1, 0.15) is 156 Å². The predicted molar refractivity (Wildman–Crippen MR) is 426 cm³/mol. The van der Waals surface area contributed by atoms with E-state index >= 15 is 9.59 Å². The first-order valence-electron chi connectivity index (χ1n) is 38.6. The number of nitrogens with two attached hydrogens (primary N) is 1. The van der Waals surface area contributed by atoms with Gasteiger partial charge in [0.15, 0.2) is 0 Å². The lowest BCUT2D eigenvalue weighted by Gasteiger charge is -2.31. The zero-order valence-corrected chi connectivity index (χ0v) is 66.0. The van der Waals surface area contributed by atoms with Gasteiger partial charge in [0.2, 0.25) is 65.0 Å². The highest BCUT2D eigenvalue weighted by Crippen LogP contribution is 2.23. The Balaban J connectivity index is 1.15. The lowest BCUT2D eigenvalue weighted by molar-refractivity contribution is -0.142. The Morgan fingerprint density at radius 2 is 1.01 bits per heavy atom. The maximum Gasteiger partial charge on any atom is 0.271 e. The molecule has 612 valence electrons. The highest BCUT2D eigenvalue weighted by molar-refractivity contribution is 6.30. The molecule has 15 N–H and O–H groups in total. The first-order chi connectivity index (χ1) is 54.7. The van der Waals surface area contributed by atoms with Crippen LogP contribution in [0.3, 0.4) is 0 Å². The molecule has 1 aliphatic rings. The van der Waals surface area contributed by atoms with Crippen molar-refractivity contribution in [2.75, 3.05) is 32.8 Å². The number of primary amides is 1. The van der Waals surface area contributed by atoms with Gasteiger partial charge in [0, 0.05) is 94.1 Å². The molecule has 0 bridgehead atoms. The van der Waals surface area contributed by atoms with Crippen molar-refractivity contribution in [3.05, 3.63) is 167 Å². The molecule has 4 heterocycles. The number of amides is 13. The van der Waals surface area contributed by atoms with E-state index in [1.54, 1.807) is 48.5 Å². The molecule has 10 atom stereocenters. The first-order valence-corrected chi connectivity index (χ1v) is 39.0. The molecule has 1 aliphatic heterocycles. The summed E-state index contributed by atoms with van der Waals surface area (Å²) in [5, 5.41) is 46.7. The van der Waals surface area contributed by atoms with Crippen LogP contribution in [-0.2, 0) is 72.0 Å². The number of aromatic nitrogens is 4. The van der Waals surface area contributed by atoms with E-state index < -0.39 is 144 Å². The number of hydrogen-bond donors (Lipinski definition) is 14. The molecule has 0 saturated carbocycles. The smallest absolute Gasteiger partial charge is 0.271 e. The minimum absolute atomic E-state index is 0.0247. The molecule has 3 aromatic heterocycles. The number of aliphatic hydroxyl groups is 1. The van der Waals surface area contributed by atoms with Gasteiger partial charge in [-0.1, -0.05) is 100.0 Å². The Morgan fingerprint density at radius 3 is 1.58 bits per heavy atom. The summed E-state index contributed by atoms with van der Waals surface area (Å²) >= 11 is 6.27. The SMILES string of the molecule is CC(=O)N[C@H](Cc1ccc2ccccc2c1)C(=O)N[C@H](Cc1ccc(Cl)cc1)C(=O)N[C@H](Cc1cccnc1)C(=O)N[C@@H](CO)C(=O)N[C@@H](CCCCNC(=O)c1cccnc1)C(=O)N[C@H](CCCCNC(=O)c1cnccn1)C(=O)N[C@@H](CC(C)C)C(=O)N[C@@H](CCCCNC(C)C)C(=O)N1CCC[C@H]1C(=O)N[C@H](C)C(N)=O. The highest BCUT2D eigenvalue weighted by Gasteiger charge is 2.40. The molecule has 0 spiro atoms. The van der Waals surface area contributed by atoms with E-state index in [2.05, 4.69) is 83.7 Å². The van der Waals surface area contributed by atoms with Crippen LogP contribution < -0.4 is 69.5 Å². The topological polar surface area (TPSA) is 467 Å². The third-order valence-corrected chi connectivity index (χ3v) is 19.2. The molecule has 114 heavy (non-hydrogen) atoms. The van der Waals surface area contributed by atoms with Gasteiger partial charge in [-0.2, -0.15) is 0 Å². The van der Waals surface area contributed by atoms with Crippen LogP contribution in [0, 0.1) is 5.92 Å². The van der Waals surface area contributed by atoms with Crippen molar-refractivity contribution in [2.45, 2.75) is 204 Å². The molecule has 0 unspecified atom stereocenters. The van der Waals surface area contributed by atoms with Crippen molar-refractivity contribution in [2.24, 2.45) is 11.7 Å². The maximum absolute atomic E-state index is 15.2. The number of halogens is 1. The number of benzene rings is 3. The Morgan fingerprint density at radius 1 is 0.500 bits per heavy atom. The number of likely N-dealkylation sites (tertiary alicyclic amines) is 1. The van der Waals surface area contributed by atoms with Crippen molar-refractivity contribution in [3.8, 4) is 0 Å². The number of fused-ring (bicyclic) bond motifs is 1. The quantitative estimate of drug-likeness (QED) is 0.0244. The van der Waals surface area contributed by atoms with Crippen LogP contribution in [0.2, 0.25) is 5.02 Å². The minimum atomic E-state index is -1.84. The second-order valence-electron chi connectivity index (χ2n) is 29.0. The summed E-state index contributed by atoms with van der Waals surface area (Å²) in [6.45, 7) is 10.1. The van der Waals surface area contributed by atoms with Crippen molar-refractivity contribution in [1.29, 1.82) is 0 Å². The molecule has 1 saturated heterocycles. The maximum atomic E-state index is 15.2. The predicted octanol–water partition coefficient (Wildman–Crippen LogP) is 2.39. The van der Waals surface area contributed by atoms with E-state index in [0.717, 1.165) is 10.8 Å². The number of hydrogen-bond acceptors (Lipinski definition) is 19. The van der Waals surface area contributed by atoms with Gasteiger partial charge in [0.1, 0.15) is 66.1 Å². The van der Waals surface area contributed by atoms with Crippen LogP contribution >= 0.6 is 11.6 Å². The summed E-state index contributed by atoms with van der Waals surface area (Å²) < 4.78 is 0. The van der Waals surface area contributed by atoms with Crippen LogP contribution in [0.25, 0.3) is 10.8 Å². The van der Waals surface area contributed by atoms with E-state index in [9.17, 15) is 57.8 Å². The number of rotatable bonds is 46. The summed E-state index contributed by atoms with van der Waals surface area (Å²) in [7, 11) is 0. The minimum Gasteiger partial charge on any atom is -0.394 e. The fourth-order valence-electron chi connectivity index (χ4n) is 12.9. The summed E-state index contributed by atoms with van der Waals surface area (Å²) in [4.78, 5) is 201. The summed E-state index contributed by atoms with van der Waals surface area (Å²) in [5.74, 6) is -9.91. The van der Waals surface area contributed by atoms with Gasteiger partial charge in [0.25, 0.3) is 11.8 Å². The van der Waals surface area contributed by atoms with E-state index in [0.29, 0.717) is 47.5 Å². The van der Waals surface area contributed by atoms with Crippen LogP contribution in [0.5, 0.6) is 0 Å². The number of carbonyl (C=O) groups excluding carboxylic acids is 13. The standard InChI is InChI=1S/C81H107ClN18O14/c1-49(2)40-63(75(108)95-62(24-11-12-34-87-50(3)4)81(114)100-39-17-25-69(100)80(113)91-51(5)70(83)103)96-74(107)61(23-10-14-36-90-72(105)67-47-86-37-38-88-67)93-73(106)60(22-9-13-35-89-71(104)58-21-16-33-85-46-58)94-79(112)68(48-101)99-78(111)66(44-55-18-15-32-84-45-55)98-77(110)65(42-53-27-30-59(82)31-28-53)97-76(109)64(92-52(6)102)43-54-26-29-56-19-7-8-20-57(56)41-54/h7-8,15-16,18-21,26-33,37-38,41,45-47,49-51,60-66,68-69,87,101H,9-14,17,22-25,34-36,39-40,42-44,48H2,1-6H3,(H2,83,103)(H,89,104)(H,90,105)(H,91,113)(H,92,102)(H,93,106)(H,94,112)(H,95,108)(H,96,107)(H,97,109)(H,98,110)(H,99,111)/t51-,60+,61-,62+,63+,64-,65-,66-,68+,69+/m1/s1.